The van der Waals surface area contributed by atoms with E-state index in [2.05, 4.69) is 18.2 Å². The zero-order valence-corrected chi connectivity index (χ0v) is 21.2. The molecule has 36 heavy (non-hydrogen) atoms. The maximum absolute atomic E-state index is 11.4. The largest absolute Gasteiger partial charge is 0.465 e. The van der Waals surface area contributed by atoms with Gasteiger partial charge in [0.25, 0.3) is 0 Å². The number of likely N-dealkylation sites (tertiary alicyclic amines) is 1. The standard InChI is InChI=1S/C28H27Cl2N3O3/c29-22-6-1-18(2-7-22)26(19-3-8-23(30)9-4-19)21-5-10-25-24(17-21)27(31-33(25)15-16-34)20-11-13-32(14-12-20)28(35)36/h1-10,17,20,26,34H,11-16H2,(H,35,36). The van der Waals surface area contributed by atoms with Crippen molar-refractivity contribution in [3.05, 3.63) is 99.2 Å². The molecule has 2 heterocycles. The Morgan fingerprint density at radius 3 is 2.00 bits per heavy atom. The molecule has 186 valence electrons. The van der Waals surface area contributed by atoms with Crippen molar-refractivity contribution in [2.45, 2.75) is 31.2 Å². The number of hydrogen-bond acceptors (Lipinski definition) is 3. The first-order valence-electron chi connectivity index (χ1n) is 12.0. The summed E-state index contributed by atoms with van der Waals surface area (Å²) < 4.78 is 1.86. The molecule has 0 radical (unpaired) electrons. The molecular weight excluding hydrogens is 497 g/mol. The summed E-state index contributed by atoms with van der Waals surface area (Å²) in [4.78, 5) is 12.9. The van der Waals surface area contributed by atoms with E-state index in [1.54, 1.807) is 0 Å². The first kappa shape index (κ1) is 24.6. The van der Waals surface area contributed by atoms with Gasteiger partial charge in [-0.25, -0.2) is 4.79 Å². The Hall–Kier alpha value is -3.06. The number of aliphatic hydroxyl groups is 1. The van der Waals surface area contributed by atoms with Crippen molar-refractivity contribution in [3.8, 4) is 0 Å². The SMILES string of the molecule is O=C(O)N1CCC(c2nn(CCO)c3ccc(C(c4ccc(Cl)cc4)c4ccc(Cl)cc4)cc23)CC1. The van der Waals surface area contributed by atoms with Crippen LogP contribution in [0.2, 0.25) is 10.0 Å². The number of amides is 1. The summed E-state index contributed by atoms with van der Waals surface area (Å²) in [5, 5.41) is 26.3. The first-order chi connectivity index (χ1) is 17.4. The van der Waals surface area contributed by atoms with Crippen molar-refractivity contribution in [1.82, 2.24) is 14.7 Å². The molecule has 4 aromatic rings. The number of benzene rings is 3. The van der Waals surface area contributed by atoms with Crippen LogP contribution in [0.4, 0.5) is 4.79 Å². The molecule has 0 saturated carbocycles. The number of carboxylic acid groups (broad SMARTS) is 1. The molecule has 1 aliphatic rings. The van der Waals surface area contributed by atoms with Gasteiger partial charge >= 0.3 is 6.09 Å². The minimum Gasteiger partial charge on any atom is -0.465 e. The third kappa shape index (κ3) is 4.94. The smallest absolute Gasteiger partial charge is 0.407 e. The van der Waals surface area contributed by atoms with Gasteiger partial charge < -0.3 is 15.1 Å². The second kappa shape index (κ2) is 10.5. The van der Waals surface area contributed by atoms with Crippen LogP contribution >= 0.6 is 23.2 Å². The molecule has 1 aromatic heterocycles. The van der Waals surface area contributed by atoms with Crippen LogP contribution in [0.25, 0.3) is 10.9 Å². The second-order valence-corrected chi connectivity index (χ2v) is 10.1. The first-order valence-corrected chi connectivity index (χ1v) is 12.8. The fourth-order valence-electron chi connectivity index (χ4n) is 5.20. The summed E-state index contributed by atoms with van der Waals surface area (Å²) >= 11 is 12.4. The van der Waals surface area contributed by atoms with E-state index in [0.29, 0.717) is 29.7 Å². The molecule has 6 nitrogen and oxygen atoms in total. The van der Waals surface area contributed by atoms with E-state index in [9.17, 15) is 15.0 Å². The molecule has 0 atom stereocenters. The van der Waals surface area contributed by atoms with Gasteiger partial charge in [-0.2, -0.15) is 5.10 Å². The Bertz CT molecular complexity index is 1320. The average Bonchev–Trinajstić information content (AvgIpc) is 3.24. The second-order valence-electron chi connectivity index (χ2n) is 9.19. The highest BCUT2D eigenvalue weighted by molar-refractivity contribution is 6.30. The lowest BCUT2D eigenvalue weighted by atomic mass is 9.84. The van der Waals surface area contributed by atoms with Crippen LogP contribution in [0.3, 0.4) is 0 Å². The van der Waals surface area contributed by atoms with E-state index in [1.165, 1.54) is 4.90 Å². The van der Waals surface area contributed by atoms with Gasteiger partial charge in [-0.05, 0) is 65.9 Å². The number of rotatable bonds is 6. The number of aliphatic hydroxyl groups excluding tert-OH is 1. The van der Waals surface area contributed by atoms with Crippen LogP contribution in [0.5, 0.6) is 0 Å². The number of hydrogen-bond donors (Lipinski definition) is 2. The lowest BCUT2D eigenvalue weighted by molar-refractivity contribution is 0.131. The molecule has 5 rings (SSSR count). The lowest BCUT2D eigenvalue weighted by Gasteiger charge is -2.29. The normalized spacial score (nSPS) is 14.6. The quantitative estimate of drug-likeness (QED) is 0.287. The maximum Gasteiger partial charge on any atom is 0.407 e. The number of piperidine rings is 1. The van der Waals surface area contributed by atoms with Gasteiger partial charge in [0.05, 0.1) is 24.4 Å². The van der Waals surface area contributed by atoms with Gasteiger partial charge in [0.2, 0.25) is 0 Å². The van der Waals surface area contributed by atoms with Gasteiger partial charge in [-0.1, -0.05) is 53.5 Å². The van der Waals surface area contributed by atoms with E-state index in [1.807, 2.05) is 53.2 Å². The van der Waals surface area contributed by atoms with Crippen LogP contribution in [0.1, 0.15) is 47.1 Å². The number of fused-ring (bicyclic) bond motifs is 1. The minimum atomic E-state index is -0.875. The van der Waals surface area contributed by atoms with Gasteiger partial charge in [0, 0.05) is 40.4 Å². The van der Waals surface area contributed by atoms with E-state index < -0.39 is 6.09 Å². The molecule has 3 aromatic carbocycles. The molecule has 0 aliphatic carbocycles. The number of carbonyl (C=O) groups is 1. The molecule has 1 aliphatic heterocycles. The topological polar surface area (TPSA) is 78.6 Å². The van der Waals surface area contributed by atoms with Crippen LogP contribution in [-0.4, -0.2) is 50.7 Å². The number of nitrogens with zero attached hydrogens (tertiary/aromatic N) is 3. The van der Waals surface area contributed by atoms with E-state index in [4.69, 9.17) is 28.3 Å². The summed E-state index contributed by atoms with van der Waals surface area (Å²) in [6.45, 7) is 1.38. The molecule has 0 bridgehead atoms. The van der Waals surface area contributed by atoms with Crippen molar-refractivity contribution in [3.63, 3.8) is 0 Å². The zero-order valence-electron chi connectivity index (χ0n) is 19.6. The Balaban J connectivity index is 1.61. The fraction of sp³-hybridized carbons (Fsp3) is 0.286. The average molecular weight is 524 g/mol. The van der Waals surface area contributed by atoms with Gasteiger partial charge in [0.1, 0.15) is 0 Å². The van der Waals surface area contributed by atoms with E-state index in [0.717, 1.165) is 46.1 Å². The van der Waals surface area contributed by atoms with Crippen LogP contribution in [0.15, 0.2) is 66.7 Å². The predicted molar refractivity (Wildman–Crippen MR) is 142 cm³/mol. The van der Waals surface area contributed by atoms with Crippen LogP contribution < -0.4 is 0 Å². The Morgan fingerprint density at radius 1 is 0.917 bits per heavy atom. The lowest BCUT2D eigenvalue weighted by Crippen LogP contribution is -2.36. The molecule has 2 N–H and O–H groups in total. The minimum absolute atomic E-state index is 0.00634. The van der Waals surface area contributed by atoms with Gasteiger partial charge in [0.15, 0.2) is 0 Å². The van der Waals surface area contributed by atoms with Gasteiger partial charge in [-0.3, -0.25) is 4.68 Å². The third-order valence-electron chi connectivity index (χ3n) is 7.01. The van der Waals surface area contributed by atoms with Crippen LogP contribution in [0, 0.1) is 0 Å². The molecule has 1 saturated heterocycles. The van der Waals surface area contributed by atoms with Crippen molar-refractivity contribution in [2.75, 3.05) is 19.7 Å². The molecule has 8 heteroatoms. The highest BCUT2D eigenvalue weighted by atomic mass is 35.5. The van der Waals surface area contributed by atoms with Crippen molar-refractivity contribution >= 4 is 40.2 Å². The van der Waals surface area contributed by atoms with Crippen molar-refractivity contribution in [1.29, 1.82) is 0 Å². The molecular formula is C28H27Cl2N3O3. The Kier molecular flexibility index (Phi) is 7.19. The summed E-state index contributed by atoms with van der Waals surface area (Å²) in [6, 6.07) is 22.2. The number of halogens is 2. The summed E-state index contributed by atoms with van der Waals surface area (Å²) in [5.41, 5.74) is 5.27. The Morgan fingerprint density at radius 2 is 1.47 bits per heavy atom. The summed E-state index contributed by atoms with van der Waals surface area (Å²) in [7, 11) is 0. The van der Waals surface area contributed by atoms with E-state index in [-0.39, 0.29) is 18.4 Å². The fourth-order valence-corrected chi connectivity index (χ4v) is 5.45. The molecule has 0 unspecified atom stereocenters. The Labute approximate surface area is 219 Å². The number of aromatic nitrogens is 2. The molecule has 1 amide bonds. The predicted octanol–water partition coefficient (Wildman–Crippen LogP) is 6.37. The monoisotopic (exact) mass is 523 g/mol. The summed E-state index contributed by atoms with van der Waals surface area (Å²) in [5.74, 6) is 0.120. The summed E-state index contributed by atoms with van der Waals surface area (Å²) in [6.07, 6.45) is 0.569. The van der Waals surface area contributed by atoms with Crippen molar-refractivity contribution < 1.29 is 15.0 Å². The van der Waals surface area contributed by atoms with Crippen LogP contribution in [-0.2, 0) is 6.54 Å². The van der Waals surface area contributed by atoms with E-state index >= 15 is 0 Å². The molecule has 1 fully saturated rings. The maximum atomic E-state index is 11.4. The highest BCUT2D eigenvalue weighted by Crippen LogP contribution is 2.38. The van der Waals surface area contributed by atoms with Gasteiger partial charge in [-0.15, -0.1) is 0 Å². The van der Waals surface area contributed by atoms with Crippen molar-refractivity contribution in [2.24, 2.45) is 0 Å². The third-order valence-corrected chi connectivity index (χ3v) is 7.51. The zero-order chi connectivity index (χ0) is 25.2. The highest BCUT2D eigenvalue weighted by Gasteiger charge is 2.28. The molecule has 0 spiro atoms.